The van der Waals surface area contributed by atoms with Crippen LogP contribution in [-0.2, 0) is 6.54 Å². The molecule has 0 saturated heterocycles. The molecule has 0 unspecified atom stereocenters. The Kier molecular flexibility index (Phi) is 5.03. The van der Waals surface area contributed by atoms with Gasteiger partial charge in [-0.15, -0.1) is 0 Å². The van der Waals surface area contributed by atoms with Crippen LogP contribution in [0.5, 0.6) is 0 Å². The van der Waals surface area contributed by atoms with Gasteiger partial charge in [0, 0.05) is 17.1 Å². The van der Waals surface area contributed by atoms with Gasteiger partial charge in [-0.05, 0) is 53.0 Å². The Hall–Kier alpha value is -0.830. The van der Waals surface area contributed by atoms with Gasteiger partial charge < -0.3 is 5.32 Å². The SMILES string of the molecule is Cc1cccc([C@@H](C)NCc2ccc(Br)c(Cl)c2)c1. The van der Waals surface area contributed by atoms with Gasteiger partial charge in [-0.25, -0.2) is 0 Å². The molecule has 1 atom stereocenters. The molecule has 2 aromatic carbocycles. The highest BCUT2D eigenvalue weighted by molar-refractivity contribution is 9.10. The van der Waals surface area contributed by atoms with E-state index in [0.29, 0.717) is 6.04 Å². The van der Waals surface area contributed by atoms with E-state index in [1.54, 1.807) is 0 Å². The summed E-state index contributed by atoms with van der Waals surface area (Å²) in [5.74, 6) is 0. The zero-order valence-electron chi connectivity index (χ0n) is 11.1. The van der Waals surface area contributed by atoms with E-state index in [1.165, 1.54) is 16.7 Å². The molecule has 1 N–H and O–H groups in total. The largest absolute Gasteiger partial charge is 0.306 e. The summed E-state index contributed by atoms with van der Waals surface area (Å²) in [5, 5.41) is 4.27. The normalized spacial score (nSPS) is 12.4. The molecule has 0 aliphatic carbocycles. The van der Waals surface area contributed by atoms with Gasteiger partial charge in [0.1, 0.15) is 0 Å². The summed E-state index contributed by atoms with van der Waals surface area (Å²) in [4.78, 5) is 0. The summed E-state index contributed by atoms with van der Waals surface area (Å²) >= 11 is 9.49. The van der Waals surface area contributed by atoms with Gasteiger partial charge in [-0.2, -0.15) is 0 Å². The van der Waals surface area contributed by atoms with Crippen LogP contribution in [0.2, 0.25) is 5.02 Å². The molecule has 0 aliphatic heterocycles. The predicted octanol–water partition coefficient (Wildman–Crippen LogP) is 5.26. The summed E-state index contributed by atoms with van der Waals surface area (Å²) in [6, 6.07) is 14.9. The van der Waals surface area contributed by atoms with E-state index in [-0.39, 0.29) is 0 Å². The zero-order chi connectivity index (χ0) is 13.8. The molecule has 100 valence electrons. The van der Waals surface area contributed by atoms with Crippen molar-refractivity contribution in [3.05, 3.63) is 68.7 Å². The molecule has 0 heterocycles. The lowest BCUT2D eigenvalue weighted by Crippen LogP contribution is -2.18. The lowest BCUT2D eigenvalue weighted by molar-refractivity contribution is 0.574. The maximum absolute atomic E-state index is 6.09. The maximum Gasteiger partial charge on any atom is 0.0551 e. The van der Waals surface area contributed by atoms with Crippen molar-refractivity contribution >= 4 is 27.5 Å². The molecule has 2 rings (SSSR count). The molecular formula is C16H17BrClN. The molecule has 0 saturated carbocycles. The van der Waals surface area contributed by atoms with Crippen LogP contribution in [0.3, 0.4) is 0 Å². The Morgan fingerprint density at radius 3 is 2.68 bits per heavy atom. The number of aryl methyl sites for hydroxylation is 1. The van der Waals surface area contributed by atoms with Crippen molar-refractivity contribution in [2.24, 2.45) is 0 Å². The number of nitrogens with one attached hydrogen (secondary N) is 1. The third kappa shape index (κ3) is 4.07. The molecule has 0 aliphatic rings. The number of halogens is 2. The number of rotatable bonds is 4. The minimum Gasteiger partial charge on any atom is -0.306 e. The van der Waals surface area contributed by atoms with Crippen LogP contribution >= 0.6 is 27.5 Å². The predicted molar refractivity (Wildman–Crippen MR) is 85.6 cm³/mol. The average Bonchev–Trinajstić information content (AvgIpc) is 2.40. The highest BCUT2D eigenvalue weighted by Gasteiger charge is 2.05. The van der Waals surface area contributed by atoms with Crippen LogP contribution in [0.1, 0.15) is 29.7 Å². The molecule has 19 heavy (non-hydrogen) atoms. The van der Waals surface area contributed by atoms with Crippen molar-refractivity contribution < 1.29 is 0 Å². The molecule has 0 spiro atoms. The molecule has 0 radical (unpaired) electrons. The smallest absolute Gasteiger partial charge is 0.0551 e. The van der Waals surface area contributed by atoms with Crippen molar-refractivity contribution in [2.45, 2.75) is 26.4 Å². The third-order valence-corrected chi connectivity index (χ3v) is 4.37. The fourth-order valence-electron chi connectivity index (χ4n) is 1.98. The van der Waals surface area contributed by atoms with Gasteiger partial charge in [0.2, 0.25) is 0 Å². The molecule has 0 bridgehead atoms. The summed E-state index contributed by atoms with van der Waals surface area (Å²) in [7, 11) is 0. The van der Waals surface area contributed by atoms with Crippen molar-refractivity contribution in [1.82, 2.24) is 5.32 Å². The molecule has 0 amide bonds. The lowest BCUT2D eigenvalue weighted by atomic mass is 10.1. The van der Waals surface area contributed by atoms with Gasteiger partial charge in [-0.1, -0.05) is 47.5 Å². The molecular weight excluding hydrogens is 322 g/mol. The molecule has 0 aromatic heterocycles. The highest BCUT2D eigenvalue weighted by atomic mass is 79.9. The zero-order valence-corrected chi connectivity index (χ0v) is 13.4. The summed E-state index contributed by atoms with van der Waals surface area (Å²) < 4.78 is 0.935. The van der Waals surface area contributed by atoms with Crippen molar-refractivity contribution in [3.8, 4) is 0 Å². The van der Waals surface area contributed by atoms with Crippen LogP contribution in [0.25, 0.3) is 0 Å². The Bertz CT molecular complexity index is 568. The Balaban J connectivity index is 2.00. The molecule has 3 heteroatoms. The molecule has 1 nitrogen and oxygen atoms in total. The van der Waals surface area contributed by atoms with E-state index in [1.807, 2.05) is 12.1 Å². The second kappa shape index (κ2) is 6.56. The van der Waals surface area contributed by atoms with Gasteiger partial charge in [0.25, 0.3) is 0 Å². The van der Waals surface area contributed by atoms with Crippen LogP contribution < -0.4 is 5.32 Å². The van der Waals surface area contributed by atoms with Crippen molar-refractivity contribution in [1.29, 1.82) is 0 Å². The van der Waals surface area contributed by atoms with E-state index in [2.05, 4.69) is 65.4 Å². The quantitative estimate of drug-likeness (QED) is 0.801. The Labute approximate surface area is 128 Å². The van der Waals surface area contributed by atoms with Crippen LogP contribution in [-0.4, -0.2) is 0 Å². The minimum absolute atomic E-state index is 0.322. The Morgan fingerprint density at radius 2 is 2.00 bits per heavy atom. The summed E-state index contributed by atoms with van der Waals surface area (Å²) in [6.07, 6.45) is 0. The van der Waals surface area contributed by atoms with Gasteiger partial charge >= 0.3 is 0 Å². The van der Waals surface area contributed by atoms with Crippen LogP contribution in [0.15, 0.2) is 46.9 Å². The minimum atomic E-state index is 0.322. The third-order valence-electron chi connectivity index (χ3n) is 3.14. The van der Waals surface area contributed by atoms with Gasteiger partial charge in [-0.3, -0.25) is 0 Å². The van der Waals surface area contributed by atoms with Gasteiger partial charge in [0.15, 0.2) is 0 Å². The van der Waals surface area contributed by atoms with Crippen LogP contribution in [0.4, 0.5) is 0 Å². The lowest BCUT2D eigenvalue weighted by Gasteiger charge is -2.15. The van der Waals surface area contributed by atoms with Crippen LogP contribution in [0, 0.1) is 6.92 Å². The van der Waals surface area contributed by atoms with Crippen molar-refractivity contribution in [2.75, 3.05) is 0 Å². The second-order valence-corrected chi connectivity index (χ2v) is 6.03. The maximum atomic E-state index is 6.09. The first-order chi connectivity index (χ1) is 9.06. The number of hydrogen-bond acceptors (Lipinski definition) is 1. The van der Waals surface area contributed by atoms with E-state index in [4.69, 9.17) is 11.6 Å². The topological polar surface area (TPSA) is 12.0 Å². The fourth-order valence-corrected chi connectivity index (χ4v) is 2.43. The van der Waals surface area contributed by atoms with E-state index >= 15 is 0 Å². The number of hydrogen-bond donors (Lipinski definition) is 1. The van der Waals surface area contributed by atoms with E-state index in [0.717, 1.165) is 16.0 Å². The van der Waals surface area contributed by atoms with Crippen molar-refractivity contribution in [3.63, 3.8) is 0 Å². The molecule has 0 fully saturated rings. The highest BCUT2D eigenvalue weighted by Crippen LogP contribution is 2.23. The standard InChI is InChI=1S/C16H17BrClN/c1-11-4-3-5-14(8-11)12(2)19-10-13-6-7-15(17)16(18)9-13/h3-9,12,19H,10H2,1-2H3/t12-/m1/s1. The summed E-state index contributed by atoms with van der Waals surface area (Å²) in [5.41, 5.74) is 3.79. The average molecular weight is 339 g/mol. The second-order valence-electron chi connectivity index (χ2n) is 4.77. The first kappa shape index (κ1) is 14.6. The number of benzene rings is 2. The first-order valence-electron chi connectivity index (χ1n) is 6.30. The summed E-state index contributed by atoms with van der Waals surface area (Å²) in [6.45, 7) is 5.10. The monoisotopic (exact) mass is 337 g/mol. The van der Waals surface area contributed by atoms with E-state index in [9.17, 15) is 0 Å². The molecule has 2 aromatic rings. The Morgan fingerprint density at radius 1 is 1.21 bits per heavy atom. The van der Waals surface area contributed by atoms with Gasteiger partial charge in [0.05, 0.1) is 5.02 Å². The first-order valence-corrected chi connectivity index (χ1v) is 7.47. The fraction of sp³-hybridized carbons (Fsp3) is 0.250. The van der Waals surface area contributed by atoms with E-state index < -0.39 is 0 Å².